The smallest absolute Gasteiger partial charge is 0.0882 e. The number of thiophene rings is 1. The lowest BCUT2D eigenvalue weighted by atomic mass is 9.89. The van der Waals surface area contributed by atoms with Crippen molar-refractivity contribution in [3.8, 4) is 0 Å². The highest BCUT2D eigenvalue weighted by molar-refractivity contribution is 7.17. The molecule has 158 valence electrons. The number of benzene rings is 2. The van der Waals surface area contributed by atoms with Crippen LogP contribution in [0.25, 0.3) is 20.9 Å². The van der Waals surface area contributed by atoms with Crippen LogP contribution in [0.2, 0.25) is 0 Å². The Morgan fingerprint density at radius 2 is 1.97 bits per heavy atom. The van der Waals surface area contributed by atoms with Crippen molar-refractivity contribution in [1.29, 1.82) is 0 Å². The van der Waals surface area contributed by atoms with Gasteiger partial charge in [0.15, 0.2) is 0 Å². The Hall–Kier alpha value is -1.98. The maximum atomic E-state index is 11.1. The van der Waals surface area contributed by atoms with Crippen molar-refractivity contribution in [1.82, 2.24) is 10.3 Å². The van der Waals surface area contributed by atoms with Crippen LogP contribution in [0.15, 0.2) is 66.3 Å². The molecule has 4 rings (SSSR count). The molecule has 0 amide bonds. The highest BCUT2D eigenvalue weighted by Crippen LogP contribution is 2.36. The van der Waals surface area contributed by atoms with Gasteiger partial charge in [-0.1, -0.05) is 30.3 Å². The van der Waals surface area contributed by atoms with E-state index in [1.165, 1.54) is 26.4 Å². The van der Waals surface area contributed by atoms with Crippen LogP contribution >= 0.6 is 23.7 Å². The van der Waals surface area contributed by atoms with E-state index in [0.717, 1.165) is 31.4 Å². The predicted molar refractivity (Wildman–Crippen MR) is 131 cm³/mol. The van der Waals surface area contributed by atoms with Gasteiger partial charge in [0.1, 0.15) is 0 Å². The first kappa shape index (κ1) is 22.7. The van der Waals surface area contributed by atoms with E-state index in [2.05, 4.69) is 65.1 Å². The first-order valence-corrected chi connectivity index (χ1v) is 11.2. The van der Waals surface area contributed by atoms with Gasteiger partial charge in [-0.2, -0.15) is 0 Å². The SMILES string of the molecule is C[C@H](CCCC(C)(O)c1csc2ccccc12)NCc1ccc2cnccc2c1.Cl. The standard InChI is InChI=1S/C25H28N2OS.ClH/c1-18(27-15-19-9-10-21-16-26-13-11-20(21)14-19)6-5-12-25(2,28)23-17-29-24-8-4-3-7-22(23)24;/h3-4,7-11,13-14,16-18,27-28H,5-6,12,15H2,1-2H3;1H/t18-,25?;/m1./s1. The van der Waals surface area contributed by atoms with E-state index in [1.54, 1.807) is 11.3 Å². The molecule has 0 spiro atoms. The van der Waals surface area contributed by atoms with Gasteiger partial charge in [0.05, 0.1) is 5.60 Å². The lowest BCUT2D eigenvalue weighted by molar-refractivity contribution is 0.0462. The molecule has 3 nitrogen and oxygen atoms in total. The Morgan fingerprint density at radius 3 is 2.83 bits per heavy atom. The molecular formula is C25H29ClN2OS. The molecule has 2 N–H and O–H groups in total. The lowest BCUT2D eigenvalue weighted by Gasteiger charge is -2.24. The Bertz CT molecular complexity index is 1110. The van der Waals surface area contributed by atoms with Gasteiger partial charge < -0.3 is 10.4 Å². The molecule has 2 aromatic heterocycles. The molecule has 0 aliphatic heterocycles. The van der Waals surface area contributed by atoms with Crippen LogP contribution in [0.5, 0.6) is 0 Å². The zero-order valence-electron chi connectivity index (χ0n) is 17.5. The van der Waals surface area contributed by atoms with Crippen molar-refractivity contribution >= 4 is 44.6 Å². The number of hydrogen-bond acceptors (Lipinski definition) is 4. The van der Waals surface area contributed by atoms with Crippen LogP contribution in [0.3, 0.4) is 0 Å². The molecule has 2 atom stereocenters. The Labute approximate surface area is 188 Å². The maximum Gasteiger partial charge on any atom is 0.0882 e. The summed E-state index contributed by atoms with van der Waals surface area (Å²) in [6.07, 6.45) is 6.52. The number of halogens is 1. The number of aliphatic hydroxyl groups is 1. The van der Waals surface area contributed by atoms with E-state index in [4.69, 9.17) is 0 Å². The average Bonchev–Trinajstić information content (AvgIpc) is 3.17. The number of nitrogens with zero attached hydrogens (tertiary/aromatic N) is 1. The molecule has 0 aliphatic rings. The molecule has 1 unspecified atom stereocenters. The van der Waals surface area contributed by atoms with Crippen molar-refractivity contribution in [3.63, 3.8) is 0 Å². The van der Waals surface area contributed by atoms with Gasteiger partial charge in [-0.25, -0.2) is 0 Å². The fraction of sp³-hybridized carbons (Fsp3) is 0.320. The number of hydrogen-bond donors (Lipinski definition) is 2. The topological polar surface area (TPSA) is 45.1 Å². The first-order chi connectivity index (χ1) is 14.0. The summed E-state index contributed by atoms with van der Waals surface area (Å²) in [4.78, 5) is 4.17. The second-order valence-electron chi connectivity index (χ2n) is 8.15. The third-order valence-corrected chi connectivity index (χ3v) is 6.69. The van der Waals surface area contributed by atoms with Crippen LogP contribution in [-0.2, 0) is 12.1 Å². The molecule has 0 radical (unpaired) electrons. The van der Waals surface area contributed by atoms with Gasteiger partial charge in [0.25, 0.3) is 0 Å². The molecule has 0 fully saturated rings. The fourth-order valence-corrected chi connectivity index (χ4v) is 5.01. The van der Waals surface area contributed by atoms with Crippen molar-refractivity contribution in [2.75, 3.05) is 0 Å². The number of pyridine rings is 1. The second kappa shape index (κ2) is 9.88. The summed E-state index contributed by atoms with van der Waals surface area (Å²) < 4.78 is 1.24. The zero-order chi connectivity index (χ0) is 20.3. The molecule has 0 aliphatic carbocycles. The largest absolute Gasteiger partial charge is 0.385 e. The Kier molecular flexibility index (Phi) is 7.48. The van der Waals surface area contributed by atoms with Crippen LogP contribution in [0, 0.1) is 0 Å². The highest BCUT2D eigenvalue weighted by Gasteiger charge is 2.26. The highest BCUT2D eigenvalue weighted by atomic mass is 35.5. The molecule has 0 bridgehead atoms. The average molecular weight is 441 g/mol. The van der Waals surface area contributed by atoms with E-state index < -0.39 is 5.60 Å². The minimum atomic E-state index is -0.786. The monoisotopic (exact) mass is 440 g/mol. The molecular weight excluding hydrogens is 412 g/mol. The summed E-state index contributed by atoms with van der Waals surface area (Å²) >= 11 is 1.71. The minimum Gasteiger partial charge on any atom is -0.385 e. The van der Waals surface area contributed by atoms with Crippen LogP contribution in [0.4, 0.5) is 0 Å². The van der Waals surface area contributed by atoms with Crippen LogP contribution < -0.4 is 5.32 Å². The van der Waals surface area contributed by atoms with E-state index >= 15 is 0 Å². The lowest BCUT2D eigenvalue weighted by Crippen LogP contribution is -2.27. The van der Waals surface area contributed by atoms with E-state index in [1.807, 2.05) is 25.4 Å². The van der Waals surface area contributed by atoms with E-state index in [9.17, 15) is 5.11 Å². The predicted octanol–water partition coefficient (Wildman–Crippen LogP) is 6.43. The summed E-state index contributed by atoms with van der Waals surface area (Å²) in [5, 5.41) is 20.4. The molecule has 5 heteroatoms. The molecule has 30 heavy (non-hydrogen) atoms. The maximum absolute atomic E-state index is 11.1. The quantitative estimate of drug-likeness (QED) is 0.332. The van der Waals surface area contributed by atoms with Gasteiger partial charge >= 0.3 is 0 Å². The summed E-state index contributed by atoms with van der Waals surface area (Å²) in [6, 6.07) is 17.3. The number of aromatic nitrogens is 1. The summed E-state index contributed by atoms with van der Waals surface area (Å²) in [7, 11) is 0. The van der Waals surface area contributed by atoms with E-state index in [-0.39, 0.29) is 12.4 Å². The second-order valence-corrected chi connectivity index (χ2v) is 9.06. The molecule has 0 saturated heterocycles. The van der Waals surface area contributed by atoms with Crippen molar-refractivity contribution < 1.29 is 5.11 Å². The molecule has 0 saturated carbocycles. The van der Waals surface area contributed by atoms with Gasteiger partial charge in [-0.05, 0) is 73.0 Å². The normalized spacial score (nSPS) is 14.4. The third-order valence-electron chi connectivity index (χ3n) is 5.72. The minimum absolute atomic E-state index is 0. The van der Waals surface area contributed by atoms with Crippen LogP contribution in [0.1, 0.15) is 44.2 Å². The number of nitrogens with one attached hydrogen (secondary N) is 1. The summed E-state index contributed by atoms with van der Waals surface area (Å²) in [6.45, 7) is 5.02. The summed E-state index contributed by atoms with van der Waals surface area (Å²) in [5.74, 6) is 0. The number of rotatable bonds is 8. The van der Waals surface area contributed by atoms with Gasteiger partial charge in [0, 0.05) is 40.6 Å². The zero-order valence-corrected chi connectivity index (χ0v) is 19.1. The molecule has 2 heterocycles. The first-order valence-electron chi connectivity index (χ1n) is 10.3. The number of fused-ring (bicyclic) bond motifs is 2. The molecule has 4 aromatic rings. The van der Waals surface area contributed by atoms with Crippen LogP contribution in [-0.4, -0.2) is 16.1 Å². The van der Waals surface area contributed by atoms with Crippen molar-refractivity contribution in [3.05, 3.63) is 77.4 Å². The van der Waals surface area contributed by atoms with Gasteiger partial charge in [0.2, 0.25) is 0 Å². The fourth-order valence-electron chi connectivity index (χ4n) is 3.92. The van der Waals surface area contributed by atoms with Crippen molar-refractivity contribution in [2.45, 2.75) is 51.3 Å². The summed E-state index contributed by atoms with van der Waals surface area (Å²) in [5.41, 5.74) is 1.56. The Balaban J connectivity index is 0.00000256. The van der Waals surface area contributed by atoms with Gasteiger partial charge in [-0.15, -0.1) is 23.7 Å². The third kappa shape index (κ3) is 5.19. The van der Waals surface area contributed by atoms with Gasteiger partial charge in [-0.3, -0.25) is 4.98 Å². The van der Waals surface area contributed by atoms with Crippen molar-refractivity contribution in [2.24, 2.45) is 0 Å². The van der Waals surface area contributed by atoms with E-state index in [0.29, 0.717) is 6.04 Å². The molecule has 2 aromatic carbocycles. The Morgan fingerprint density at radius 1 is 1.13 bits per heavy atom.